The second-order valence-corrected chi connectivity index (χ2v) is 6.88. The number of halogens is 2. The Labute approximate surface area is 147 Å². The van der Waals surface area contributed by atoms with Crippen LogP contribution < -0.4 is 11.2 Å². The van der Waals surface area contributed by atoms with E-state index >= 15 is 0 Å². The van der Waals surface area contributed by atoms with Crippen molar-refractivity contribution in [3.8, 4) is 0 Å². The van der Waals surface area contributed by atoms with Gasteiger partial charge in [0.25, 0.3) is 5.56 Å². The molecule has 0 bridgehead atoms. The Hall–Kier alpha value is -1.92. The maximum atomic E-state index is 12.6. The average molecular weight is 367 g/mol. The van der Waals surface area contributed by atoms with Crippen LogP contribution in [0.3, 0.4) is 0 Å². The molecule has 0 amide bonds. The molecule has 3 rings (SSSR count). The summed E-state index contributed by atoms with van der Waals surface area (Å²) >= 11 is 12.0. The molecule has 0 aliphatic carbocycles. The summed E-state index contributed by atoms with van der Waals surface area (Å²) < 4.78 is 1.45. The van der Waals surface area contributed by atoms with Crippen LogP contribution in [0, 0.1) is 11.8 Å². The van der Waals surface area contributed by atoms with E-state index in [1.807, 2.05) is 26.8 Å². The van der Waals surface area contributed by atoms with Gasteiger partial charge in [-0.3, -0.25) is 19.3 Å². The maximum absolute atomic E-state index is 12.6. The van der Waals surface area contributed by atoms with Crippen molar-refractivity contribution in [2.45, 2.75) is 26.8 Å². The van der Waals surface area contributed by atoms with Gasteiger partial charge >= 0.3 is 5.69 Å². The van der Waals surface area contributed by atoms with Crippen molar-refractivity contribution in [3.05, 3.63) is 49.4 Å². The van der Waals surface area contributed by atoms with E-state index < -0.39 is 11.2 Å². The first-order valence-corrected chi connectivity index (χ1v) is 8.31. The maximum Gasteiger partial charge on any atom is 0.330 e. The van der Waals surface area contributed by atoms with Gasteiger partial charge in [0.15, 0.2) is 5.65 Å². The van der Waals surface area contributed by atoms with E-state index in [-0.39, 0.29) is 39.1 Å². The van der Waals surface area contributed by atoms with Crippen LogP contribution in [0.4, 0.5) is 0 Å². The van der Waals surface area contributed by atoms with Crippen LogP contribution in [-0.4, -0.2) is 20.2 Å². The Morgan fingerprint density at radius 1 is 1.29 bits per heavy atom. The van der Waals surface area contributed by atoms with Crippen molar-refractivity contribution < 1.29 is 0 Å². The van der Waals surface area contributed by atoms with Crippen molar-refractivity contribution in [1.29, 1.82) is 0 Å². The number of hydrogen-bond donors (Lipinski definition) is 1. The van der Waals surface area contributed by atoms with Crippen molar-refractivity contribution in [2.75, 3.05) is 0 Å². The molecule has 2 aromatic rings. The quantitative estimate of drug-likeness (QED) is 0.828. The summed E-state index contributed by atoms with van der Waals surface area (Å²) in [5.41, 5.74) is -0.0368. The van der Waals surface area contributed by atoms with Crippen LogP contribution in [0.15, 0.2) is 32.9 Å². The van der Waals surface area contributed by atoms with Gasteiger partial charge in [0.1, 0.15) is 5.15 Å². The van der Waals surface area contributed by atoms with Crippen molar-refractivity contribution >= 4 is 39.9 Å². The van der Waals surface area contributed by atoms with Crippen molar-refractivity contribution in [2.24, 2.45) is 16.8 Å². The van der Waals surface area contributed by atoms with Gasteiger partial charge in [-0.15, -0.1) is 0 Å². The molecule has 2 atom stereocenters. The molecule has 8 heteroatoms. The summed E-state index contributed by atoms with van der Waals surface area (Å²) in [4.78, 5) is 35.7. The molecule has 2 aromatic heterocycles. The Kier molecular flexibility index (Phi) is 4.36. The zero-order valence-corrected chi connectivity index (χ0v) is 14.9. The zero-order valence-electron chi connectivity index (χ0n) is 13.4. The third-order valence-electron chi connectivity index (χ3n) is 4.11. The lowest BCUT2D eigenvalue weighted by Gasteiger charge is -2.30. The van der Waals surface area contributed by atoms with E-state index in [2.05, 4.69) is 15.0 Å². The molecule has 0 saturated heterocycles. The molecular weight excluding hydrogens is 351 g/mol. The molecule has 0 saturated carbocycles. The summed E-state index contributed by atoms with van der Waals surface area (Å²) in [6.07, 6.45) is 3.66. The van der Waals surface area contributed by atoms with E-state index in [1.165, 1.54) is 10.6 Å². The van der Waals surface area contributed by atoms with Gasteiger partial charge < -0.3 is 0 Å². The van der Waals surface area contributed by atoms with Gasteiger partial charge in [-0.25, -0.2) is 9.78 Å². The molecule has 0 radical (unpaired) electrons. The van der Waals surface area contributed by atoms with Crippen molar-refractivity contribution in [3.63, 3.8) is 0 Å². The monoisotopic (exact) mass is 366 g/mol. The van der Waals surface area contributed by atoms with Crippen LogP contribution in [0.25, 0.3) is 11.0 Å². The Morgan fingerprint density at radius 2 is 2.00 bits per heavy atom. The van der Waals surface area contributed by atoms with Crippen molar-refractivity contribution in [1.82, 2.24) is 14.5 Å². The van der Waals surface area contributed by atoms with E-state index in [0.717, 1.165) is 5.71 Å². The topological polar surface area (TPSA) is 80.1 Å². The minimum Gasteiger partial charge on any atom is -0.273 e. The van der Waals surface area contributed by atoms with Gasteiger partial charge in [-0.1, -0.05) is 50.0 Å². The fourth-order valence-corrected chi connectivity index (χ4v) is 3.25. The minimum atomic E-state index is -0.543. The van der Waals surface area contributed by atoms with Gasteiger partial charge in [-0.05, 0) is 12.0 Å². The van der Waals surface area contributed by atoms with Crippen LogP contribution in [-0.2, 0) is 0 Å². The summed E-state index contributed by atoms with van der Waals surface area (Å²) in [6, 6.07) is 1.07. The molecule has 2 unspecified atom stereocenters. The lowest BCUT2D eigenvalue weighted by molar-refractivity contribution is 0.484. The van der Waals surface area contributed by atoms with Gasteiger partial charge in [0, 0.05) is 17.8 Å². The highest BCUT2D eigenvalue weighted by molar-refractivity contribution is 6.41. The first kappa shape index (κ1) is 16.9. The highest BCUT2D eigenvalue weighted by atomic mass is 35.5. The van der Waals surface area contributed by atoms with E-state index in [9.17, 15) is 9.59 Å². The molecular formula is C16H16Cl2N4O2. The summed E-state index contributed by atoms with van der Waals surface area (Å²) in [5.74, 6) is 0.127. The number of rotatable bonds is 2. The number of allylic oxidation sites excluding steroid dienone is 1. The summed E-state index contributed by atoms with van der Waals surface area (Å²) in [7, 11) is 0. The Morgan fingerprint density at radius 3 is 2.67 bits per heavy atom. The highest BCUT2D eigenvalue weighted by Crippen LogP contribution is 2.30. The zero-order chi connectivity index (χ0) is 17.6. The van der Waals surface area contributed by atoms with Crippen LogP contribution in [0.2, 0.25) is 10.2 Å². The number of aromatic amines is 1. The molecule has 1 aliphatic rings. The van der Waals surface area contributed by atoms with Gasteiger partial charge in [0.2, 0.25) is 0 Å². The van der Waals surface area contributed by atoms with Gasteiger partial charge in [-0.2, -0.15) is 0 Å². The Bertz CT molecular complexity index is 988. The molecule has 6 nitrogen and oxygen atoms in total. The summed E-state index contributed by atoms with van der Waals surface area (Å²) in [6.45, 7) is 6.00. The number of fused-ring (bicyclic) bond motifs is 1. The average Bonchev–Trinajstić information content (AvgIpc) is 2.50. The molecule has 0 spiro atoms. The number of nitrogens with zero attached hydrogens (tertiary/aromatic N) is 3. The second-order valence-electron chi connectivity index (χ2n) is 6.12. The van der Waals surface area contributed by atoms with E-state index in [0.29, 0.717) is 0 Å². The number of hydrogen-bond acceptors (Lipinski definition) is 4. The third-order valence-corrected chi connectivity index (χ3v) is 4.78. The van der Waals surface area contributed by atoms with E-state index in [1.54, 1.807) is 6.20 Å². The number of aromatic nitrogens is 3. The predicted octanol–water partition coefficient (Wildman–Crippen LogP) is 3.19. The van der Waals surface area contributed by atoms with Crippen LogP contribution in [0.5, 0.6) is 0 Å². The lowest BCUT2D eigenvalue weighted by atomic mass is 9.89. The summed E-state index contributed by atoms with van der Waals surface area (Å²) in [5, 5.41) is 0.424. The van der Waals surface area contributed by atoms with Crippen LogP contribution in [0.1, 0.15) is 26.8 Å². The number of aliphatic imine (C=N–C) groups is 1. The SMILES string of the molecule is CC(C)C1=NC=CC(C)C1n1c(=O)[nH]c(=O)c2cc(Cl)c(Cl)nc21. The van der Waals surface area contributed by atoms with Crippen LogP contribution >= 0.6 is 23.2 Å². The third kappa shape index (κ3) is 2.70. The first-order chi connectivity index (χ1) is 11.3. The van der Waals surface area contributed by atoms with E-state index in [4.69, 9.17) is 23.2 Å². The largest absolute Gasteiger partial charge is 0.330 e. The fourth-order valence-electron chi connectivity index (χ4n) is 2.96. The normalized spacial score (nSPS) is 20.7. The second kappa shape index (κ2) is 6.18. The first-order valence-electron chi connectivity index (χ1n) is 7.56. The predicted molar refractivity (Wildman–Crippen MR) is 96.3 cm³/mol. The molecule has 1 aliphatic heterocycles. The number of pyridine rings is 1. The van der Waals surface area contributed by atoms with Gasteiger partial charge in [0.05, 0.1) is 16.5 Å². The lowest BCUT2D eigenvalue weighted by Crippen LogP contribution is -2.40. The Balaban J connectivity index is 2.39. The number of H-pyrrole nitrogens is 1. The number of nitrogens with one attached hydrogen (secondary N) is 1. The molecule has 0 fully saturated rings. The fraction of sp³-hybridized carbons (Fsp3) is 0.375. The minimum absolute atomic E-state index is 0.00274. The highest BCUT2D eigenvalue weighted by Gasteiger charge is 2.30. The molecule has 3 heterocycles. The molecule has 0 aromatic carbocycles. The smallest absolute Gasteiger partial charge is 0.273 e. The molecule has 24 heavy (non-hydrogen) atoms. The standard InChI is InChI=1S/C16H16Cl2N4O2/c1-7(2)11-12(8(3)4-5-19-11)22-14-9(15(23)21-16(22)24)6-10(17)13(18)20-14/h4-8,12H,1-3H3,(H,21,23,24). The molecule has 126 valence electrons. The molecule has 1 N–H and O–H groups in total.